The molecule has 0 unspecified atom stereocenters. The minimum atomic E-state index is 0.113. The lowest BCUT2D eigenvalue weighted by Gasteiger charge is -2.35. The number of hydrogen-bond acceptors (Lipinski definition) is 3. The van der Waals surface area contributed by atoms with Gasteiger partial charge in [0.1, 0.15) is 5.65 Å². The fourth-order valence-electron chi connectivity index (χ4n) is 3.75. The molecule has 3 heterocycles. The minimum absolute atomic E-state index is 0.113. The summed E-state index contributed by atoms with van der Waals surface area (Å²) < 4.78 is 2.96. The smallest absolute Gasteiger partial charge is 0.255 e. The van der Waals surface area contributed by atoms with Gasteiger partial charge < -0.3 is 9.47 Å². The van der Waals surface area contributed by atoms with Crippen molar-refractivity contribution in [2.24, 2.45) is 7.05 Å². The molecule has 4 rings (SSSR count). The van der Waals surface area contributed by atoms with Gasteiger partial charge in [0.05, 0.1) is 5.56 Å². The first-order valence-electron chi connectivity index (χ1n) is 9.28. The van der Waals surface area contributed by atoms with Crippen molar-refractivity contribution in [3.05, 3.63) is 64.4 Å². The molecule has 0 N–H and O–H groups in total. The van der Waals surface area contributed by atoms with Crippen LogP contribution in [0.2, 0.25) is 0 Å². The van der Waals surface area contributed by atoms with E-state index in [-0.39, 0.29) is 5.91 Å². The van der Waals surface area contributed by atoms with Gasteiger partial charge in [-0.1, -0.05) is 12.1 Å². The third-order valence-electron chi connectivity index (χ3n) is 5.28. The van der Waals surface area contributed by atoms with Crippen molar-refractivity contribution in [1.82, 2.24) is 19.4 Å². The van der Waals surface area contributed by atoms with E-state index in [4.69, 9.17) is 0 Å². The highest BCUT2D eigenvalue weighted by Gasteiger charge is 2.23. The average Bonchev–Trinajstić information content (AvgIpc) is 3.03. The largest absolute Gasteiger partial charge is 0.336 e. The highest BCUT2D eigenvalue weighted by atomic mass is 79.9. The number of benzene rings is 1. The van der Waals surface area contributed by atoms with Crippen molar-refractivity contribution in [2.75, 3.05) is 32.7 Å². The van der Waals surface area contributed by atoms with Gasteiger partial charge in [-0.15, -0.1) is 0 Å². The van der Waals surface area contributed by atoms with E-state index in [2.05, 4.69) is 42.6 Å². The quantitative estimate of drug-likeness (QED) is 0.642. The SMILES string of the molecule is Cn1cc(CCN2CCN(C(=O)c3ccccc3Br)CC2)c2cccnc21. The van der Waals surface area contributed by atoms with Crippen molar-refractivity contribution in [2.45, 2.75) is 6.42 Å². The first-order chi connectivity index (χ1) is 13.1. The van der Waals surface area contributed by atoms with Crippen molar-refractivity contribution in [3.8, 4) is 0 Å². The predicted octanol–water partition coefficient (Wildman–Crippen LogP) is 3.34. The van der Waals surface area contributed by atoms with E-state index in [1.54, 1.807) is 0 Å². The van der Waals surface area contributed by atoms with Gasteiger partial charge in [0.15, 0.2) is 0 Å². The Hall–Kier alpha value is -2.18. The molecular formula is C21H23BrN4O. The van der Waals surface area contributed by atoms with Crippen molar-refractivity contribution >= 4 is 32.9 Å². The van der Waals surface area contributed by atoms with E-state index in [1.165, 1.54) is 10.9 Å². The van der Waals surface area contributed by atoms with Crippen LogP contribution >= 0.6 is 15.9 Å². The van der Waals surface area contributed by atoms with Gasteiger partial charge >= 0.3 is 0 Å². The number of piperazine rings is 1. The summed E-state index contributed by atoms with van der Waals surface area (Å²) in [5.74, 6) is 0.113. The Bertz CT molecular complexity index is 960. The molecule has 0 radical (unpaired) electrons. The van der Waals surface area contributed by atoms with Crippen LogP contribution in [0, 0.1) is 0 Å². The molecule has 0 spiro atoms. The number of fused-ring (bicyclic) bond motifs is 1. The second-order valence-corrected chi connectivity index (χ2v) is 7.86. The van der Waals surface area contributed by atoms with E-state index < -0.39 is 0 Å². The van der Waals surface area contributed by atoms with Gasteiger partial charge in [-0.05, 0) is 52.2 Å². The summed E-state index contributed by atoms with van der Waals surface area (Å²) in [6.07, 6.45) is 5.03. The fraction of sp³-hybridized carbons (Fsp3) is 0.333. The number of aromatic nitrogens is 2. The van der Waals surface area contributed by atoms with E-state index in [1.807, 2.05) is 48.5 Å². The van der Waals surface area contributed by atoms with Crippen LogP contribution in [0.25, 0.3) is 11.0 Å². The second kappa shape index (κ2) is 7.82. The van der Waals surface area contributed by atoms with E-state index >= 15 is 0 Å². The van der Waals surface area contributed by atoms with Gasteiger partial charge in [0, 0.05) is 62.0 Å². The maximum atomic E-state index is 12.7. The summed E-state index contributed by atoms with van der Waals surface area (Å²) in [6.45, 7) is 4.39. The molecular weight excluding hydrogens is 404 g/mol. The molecule has 0 aliphatic carbocycles. The van der Waals surface area contributed by atoms with E-state index in [0.717, 1.165) is 54.8 Å². The summed E-state index contributed by atoms with van der Waals surface area (Å²) in [5.41, 5.74) is 3.12. The van der Waals surface area contributed by atoms with Crippen LogP contribution < -0.4 is 0 Å². The van der Waals surface area contributed by atoms with Crippen LogP contribution in [0.1, 0.15) is 15.9 Å². The molecule has 2 aromatic heterocycles. The van der Waals surface area contributed by atoms with Crippen molar-refractivity contribution in [3.63, 3.8) is 0 Å². The Morgan fingerprint density at radius 1 is 1.11 bits per heavy atom. The zero-order valence-electron chi connectivity index (χ0n) is 15.4. The van der Waals surface area contributed by atoms with Crippen LogP contribution in [-0.4, -0.2) is 58.0 Å². The van der Waals surface area contributed by atoms with Crippen molar-refractivity contribution < 1.29 is 4.79 Å². The molecule has 0 bridgehead atoms. The zero-order chi connectivity index (χ0) is 18.8. The molecule has 140 valence electrons. The molecule has 1 aliphatic rings. The summed E-state index contributed by atoms with van der Waals surface area (Å²) in [7, 11) is 2.05. The first-order valence-corrected chi connectivity index (χ1v) is 10.1. The molecule has 1 amide bonds. The van der Waals surface area contributed by atoms with E-state index in [9.17, 15) is 4.79 Å². The number of pyridine rings is 1. The number of rotatable bonds is 4. The monoisotopic (exact) mass is 426 g/mol. The van der Waals surface area contributed by atoms with Gasteiger partial charge in [-0.3, -0.25) is 9.69 Å². The fourth-order valence-corrected chi connectivity index (χ4v) is 4.20. The number of nitrogens with zero attached hydrogens (tertiary/aromatic N) is 4. The summed E-state index contributed by atoms with van der Waals surface area (Å²) in [5, 5.41) is 1.24. The zero-order valence-corrected chi connectivity index (χ0v) is 17.0. The number of carbonyl (C=O) groups excluding carboxylic acids is 1. The maximum Gasteiger partial charge on any atom is 0.255 e. The number of carbonyl (C=O) groups is 1. The van der Waals surface area contributed by atoms with Crippen LogP contribution in [0.3, 0.4) is 0 Å². The van der Waals surface area contributed by atoms with Crippen LogP contribution in [0.15, 0.2) is 53.3 Å². The normalized spacial score (nSPS) is 15.4. The lowest BCUT2D eigenvalue weighted by atomic mass is 10.1. The molecule has 3 aromatic rings. The molecule has 1 aromatic carbocycles. The molecule has 27 heavy (non-hydrogen) atoms. The Balaban J connectivity index is 1.34. The summed E-state index contributed by atoms with van der Waals surface area (Å²) in [4.78, 5) is 21.6. The Morgan fingerprint density at radius 3 is 2.67 bits per heavy atom. The predicted molar refractivity (Wildman–Crippen MR) is 111 cm³/mol. The lowest BCUT2D eigenvalue weighted by molar-refractivity contribution is 0.0637. The third-order valence-corrected chi connectivity index (χ3v) is 5.97. The van der Waals surface area contributed by atoms with Crippen LogP contribution in [0.5, 0.6) is 0 Å². The van der Waals surface area contributed by atoms with E-state index in [0.29, 0.717) is 0 Å². The van der Waals surface area contributed by atoms with Gasteiger partial charge in [-0.25, -0.2) is 4.98 Å². The Kier molecular flexibility index (Phi) is 5.27. The van der Waals surface area contributed by atoms with Crippen LogP contribution in [-0.2, 0) is 13.5 Å². The van der Waals surface area contributed by atoms with Crippen molar-refractivity contribution in [1.29, 1.82) is 0 Å². The topological polar surface area (TPSA) is 41.4 Å². The minimum Gasteiger partial charge on any atom is -0.336 e. The maximum absolute atomic E-state index is 12.7. The number of hydrogen-bond donors (Lipinski definition) is 0. The Labute approximate surface area is 167 Å². The molecule has 0 saturated carbocycles. The molecule has 1 fully saturated rings. The third kappa shape index (κ3) is 3.77. The molecule has 1 saturated heterocycles. The summed E-state index contributed by atoms with van der Waals surface area (Å²) >= 11 is 3.48. The second-order valence-electron chi connectivity index (χ2n) is 7.00. The molecule has 1 aliphatic heterocycles. The number of halogens is 1. The average molecular weight is 427 g/mol. The Morgan fingerprint density at radius 2 is 1.89 bits per heavy atom. The number of amides is 1. The van der Waals surface area contributed by atoms with Gasteiger partial charge in [0.25, 0.3) is 5.91 Å². The van der Waals surface area contributed by atoms with Gasteiger partial charge in [0.2, 0.25) is 0 Å². The molecule has 6 heteroatoms. The van der Waals surface area contributed by atoms with Gasteiger partial charge in [-0.2, -0.15) is 0 Å². The number of aryl methyl sites for hydroxylation is 1. The standard InChI is InChI=1S/C21H23BrN4O/c1-24-15-16(17-6-4-9-23-20(17)24)8-10-25-11-13-26(14-12-25)21(27)18-5-2-3-7-19(18)22/h2-7,9,15H,8,10-14H2,1H3. The highest BCUT2D eigenvalue weighted by molar-refractivity contribution is 9.10. The molecule has 5 nitrogen and oxygen atoms in total. The molecule has 0 atom stereocenters. The summed E-state index contributed by atoms with van der Waals surface area (Å²) in [6, 6.07) is 11.8. The highest BCUT2D eigenvalue weighted by Crippen LogP contribution is 2.20. The lowest BCUT2D eigenvalue weighted by Crippen LogP contribution is -2.49. The first kappa shape index (κ1) is 18.2. The van der Waals surface area contributed by atoms with Crippen LogP contribution in [0.4, 0.5) is 0 Å².